The van der Waals surface area contributed by atoms with E-state index in [9.17, 15) is 40.7 Å². The maximum absolute atomic E-state index is 14.4. The van der Waals surface area contributed by atoms with E-state index in [1.165, 1.54) is 6.21 Å². The summed E-state index contributed by atoms with van der Waals surface area (Å²) in [5.74, 6) is -2.05. The maximum atomic E-state index is 14.4. The average molecular weight is 583 g/mol. The van der Waals surface area contributed by atoms with Crippen molar-refractivity contribution >= 4 is 28.1 Å². The molecule has 1 amide bonds. The molecule has 7 N–H and O–H groups in total. The number of sulfonamides is 1. The molecule has 0 aliphatic rings. The van der Waals surface area contributed by atoms with E-state index >= 15 is 0 Å². The Morgan fingerprint density at radius 3 is 2.35 bits per heavy atom. The van der Waals surface area contributed by atoms with Crippen LogP contribution in [0.4, 0.5) is 17.6 Å². The summed E-state index contributed by atoms with van der Waals surface area (Å²) in [4.78, 5) is 23.5. The zero-order valence-corrected chi connectivity index (χ0v) is 21.2. The van der Waals surface area contributed by atoms with Gasteiger partial charge < -0.3 is 21.4 Å². The molecular formula is C25H22F4N4O6S. The number of carbonyl (C=O) groups is 2. The lowest BCUT2D eigenvalue weighted by Gasteiger charge is -2.25. The lowest BCUT2D eigenvalue weighted by molar-refractivity contribution is -0.189. The number of esters is 1. The fourth-order valence-electron chi connectivity index (χ4n) is 4.08. The molecule has 1 atom stereocenters. The molecule has 15 heteroatoms. The van der Waals surface area contributed by atoms with Crippen LogP contribution in [-0.4, -0.2) is 44.4 Å². The van der Waals surface area contributed by atoms with Crippen molar-refractivity contribution in [2.24, 2.45) is 21.8 Å². The lowest BCUT2D eigenvalue weighted by Crippen LogP contribution is -2.30. The highest BCUT2D eigenvalue weighted by Crippen LogP contribution is 2.43. The van der Waals surface area contributed by atoms with E-state index in [4.69, 9.17) is 16.7 Å². The molecule has 3 rings (SSSR count). The number of rotatable bonds is 9. The number of hydrogen-bond acceptors (Lipinski definition) is 8. The van der Waals surface area contributed by atoms with Crippen molar-refractivity contribution in [1.29, 1.82) is 0 Å². The van der Waals surface area contributed by atoms with Crippen LogP contribution in [0.15, 0.2) is 64.6 Å². The Hall–Kier alpha value is -4.34. The second kappa shape index (κ2) is 11.8. The lowest BCUT2D eigenvalue weighted by atomic mass is 9.84. The summed E-state index contributed by atoms with van der Waals surface area (Å²) in [6.45, 7) is -0.818. The molecule has 0 fully saturated rings. The molecule has 0 spiro atoms. The molecule has 212 valence electrons. The Labute approximate surface area is 225 Å². The van der Waals surface area contributed by atoms with E-state index in [1.807, 2.05) is 0 Å². The molecule has 0 aromatic heterocycles. The maximum Gasteiger partial charge on any atom is 0.491 e. The summed E-state index contributed by atoms with van der Waals surface area (Å²) in [5, 5.41) is 19.1. The Morgan fingerprint density at radius 2 is 1.77 bits per heavy atom. The normalized spacial score (nSPS) is 12.8. The molecule has 0 radical (unpaired) electrons. The number of primary amides is 1. The van der Waals surface area contributed by atoms with Crippen molar-refractivity contribution in [2.45, 2.75) is 23.4 Å². The summed E-state index contributed by atoms with van der Waals surface area (Å²) < 4.78 is 83.3. The summed E-state index contributed by atoms with van der Waals surface area (Å²) in [5.41, 5.74) is 4.51. The third kappa shape index (κ3) is 6.80. The van der Waals surface area contributed by atoms with E-state index in [0.717, 1.165) is 30.3 Å². The second-order valence-electron chi connectivity index (χ2n) is 8.45. The number of ether oxygens (including phenoxy) is 1. The summed E-state index contributed by atoms with van der Waals surface area (Å²) >= 11 is 0. The standard InChI is InChI=1S/C25H22F4N4O6S/c26-16-4-7-20(40(32,37)38)19(10-16)17-5-6-18(23(30)35)22(39-24(36)25(27,28)29)21(17)15(12-34)9-13-2-1-3-14(8-13)11-33-31/h1-8,10-11,15,34H,9,12,31H2,(H2,30,35)(H2,32,37,38)/b33-11+/t15-/m1/s1. The highest BCUT2D eigenvalue weighted by atomic mass is 32.2. The molecular weight excluding hydrogens is 560 g/mol. The number of primary sulfonamides is 1. The fourth-order valence-corrected chi connectivity index (χ4v) is 4.82. The zero-order chi connectivity index (χ0) is 29.8. The molecule has 0 aliphatic carbocycles. The highest BCUT2D eigenvalue weighted by molar-refractivity contribution is 7.89. The molecule has 3 aromatic rings. The number of hydrogen-bond donors (Lipinski definition) is 4. The van der Waals surface area contributed by atoms with Gasteiger partial charge in [-0.2, -0.15) is 18.3 Å². The van der Waals surface area contributed by atoms with Gasteiger partial charge in [0, 0.05) is 17.0 Å². The largest absolute Gasteiger partial charge is 0.491 e. The van der Waals surface area contributed by atoms with Gasteiger partial charge in [-0.1, -0.05) is 30.3 Å². The molecule has 0 saturated heterocycles. The number of aliphatic hydroxyl groups is 1. The third-order valence-corrected chi connectivity index (χ3v) is 6.68. The van der Waals surface area contributed by atoms with Gasteiger partial charge in [0.2, 0.25) is 10.0 Å². The molecule has 0 unspecified atom stereocenters. The molecule has 0 heterocycles. The van der Waals surface area contributed by atoms with Crippen LogP contribution in [0.1, 0.15) is 33.0 Å². The van der Waals surface area contributed by atoms with Crippen LogP contribution in [-0.2, 0) is 21.2 Å². The quantitative estimate of drug-likeness (QED) is 0.0744. The molecule has 0 bridgehead atoms. The molecule has 40 heavy (non-hydrogen) atoms. The predicted octanol–water partition coefficient (Wildman–Crippen LogP) is 2.32. The topological polar surface area (TPSA) is 188 Å². The number of alkyl halides is 3. The van der Waals surface area contributed by atoms with Crippen LogP contribution in [0.2, 0.25) is 0 Å². The number of aliphatic hydroxyl groups excluding tert-OH is 1. The minimum Gasteiger partial charge on any atom is -0.419 e. The first-order valence-corrected chi connectivity index (χ1v) is 12.7. The van der Waals surface area contributed by atoms with E-state index in [0.29, 0.717) is 11.1 Å². The van der Waals surface area contributed by atoms with Gasteiger partial charge >= 0.3 is 12.1 Å². The SMILES string of the molecule is N/N=C/c1cccc(C[C@H](CO)c2c(-c3cc(F)ccc3S(N)(=O)=O)ccc(C(N)=O)c2OC(=O)C(F)(F)F)c1. The monoisotopic (exact) mass is 582 g/mol. The fraction of sp³-hybridized carbons (Fsp3) is 0.160. The molecule has 0 saturated carbocycles. The third-order valence-electron chi connectivity index (χ3n) is 5.71. The van der Waals surface area contributed by atoms with Gasteiger partial charge in [-0.3, -0.25) is 4.79 Å². The van der Waals surface area contributed by atoms with Crippen molar-refractivity contribution in [3.8, 4) is 16.9 Å². The first-order valence-electron chi connectivity index (χ1n) is 11.2. The van der Waals surface area contributed by atoms with Gasteiger partial charge in [0.05, 0.1) is 23.3 Å². The predicted molar refractivity (Wildman–Crippen MR) is 135 cm³/mol. The second-order valence-corrected chi connectivity index (χ2v) is 9.98. The van der Waals surface area contributed by atoms with Gasteiger partial charge in [0.1, 0.15) is 11.6 Å². The van der Waals surface area contributed by atoms with Crippen LogP contribution in [0, 0.1) is 5.82 Å². The van der Waals surface area contributed by atoms with E-state index < -0.39 is 73.8 Å². The van der Waals surface area contributed by atoms with Crippen molar-refractivity contribution in [2.75, 3.05) is 6.61 Å². The van der Waals surface area contributed by atoms with Crippen LogP contribution < -0.4 is 21.5 Å². The van der Waals surface area contributed by atoms with Gasteiger partial charge in [-0.25, -0.2) is 22.7 Å². The van der Waals surface area contributed by atoms with Gasteiger partial charge in [0.25, 0.3) is 5.91 Å². The Morgan fingerprint density at radius 1 is 1.07 bits per heavy atom. The average Bonchev–Trinajstić information content (AvgIpc) is 2.86. The van der Waals surface area contributed by atoms with Gasteiger partial charge in [-0.15, -0.1) is 0 Å². The number of nitrogens with zero attached hydrogens (tertiary/aromatic N) is 1. The van der Waals surface area contributed by atoms with Crippen LogP contribution in [0.3, 0.4) is 0 Å². The minimum absolute atomic E-state index is 0.158. The first-order chi connectivity index (χ1) is 18.7. The minimum atomic E-state index is -5.52. The zero-order valence-electron chi connectivity index (χ0n) is 20.4. The number of halogens is 4. The van der Waals surface area contributed by atoms with E-state index in [1.54, 1.807) is 24.3 Å². The van der Waals surface area contributed by atoms with Gasteiger partial charge in [0.15, 0.2) is 0 Å². The van der Waals surface area contributed by atoms with Crippen LogP contribution in [0.25, 0.3) is 11.1 Å². The number of nitrogens with two attached hydrogens (primary N) is 3. The molecule has 0 aliphatic heterocycles. The Balaban J connectivity index is 2.42. The van der Waals surface area contributed by atoms with Crippen molar-refractivity contribution in [1.82, 2.24) is 0 Å². The smallest absolute Gasteiger partial charge is 0.419 e. The summed E-state index contributed by atoms with van der Waals surface area (Å²) in [7, 11) is -4.54. The highest BCUT2D eigenvalue weighted by Gasteiger charge is 2.43. The number of amides is 1. The number of benzene rings is 3. The Bertz CT molecular complexity index is 1590. The molecule has 10 nitrogen and oxygen atoms in total. The number of hydrazone groups is 1. The number of carbonyl (C=O) groups excluding carboxylic acids is 2. The summed E-state index contributed by atoms with van der Waals surface area (Å²) in [6, 6.07) is 10.7. The van der Waals surface area contributed by atoms with Crippen molar-refractivity contribution < 1.29 is 45.4 Å². The summed E-state index contributed by atoms with van der Waals surface area (Å²) in [6.07, 6.45) is -4.37. The van der Waals surface area contributed by atoms with E-state index in [2.05, 4.69) is 9.84 Å². The van der Waals surface area contributed by atoms with E-state index in [-0.39, 0.29) is 12.0 Å². The van der Waals surface area contributed by atoms with Crippen molar-refractivity contribution in [3.05, 3.63) is 82.7 Å². The first kappa shape index (κ1) is 30.2. The van der Waals surface area contributed by atoms with Crippen LogP contribution in [0.5, 0.6) is 5.75 Å². The Kier molecular flexibility index (Phi) is 8.92. The molecule has 3 aromatic carbocycles. The van der Waals surface area contributed by atoms with Crippen molar-refractivity contribution in [3.63, 3.8) is 0 Å². The van der Waals surface area contributed by atoms with Gasteiger partial charge in [-0.05, 0) is 47.4 Å². The van der Waals surface area contributed by atoms with Crippen LogP contribution >= 0.6 is 0 Å².